The Morgan fingerprint density at radius 1 is 0.900 bits per heavy atom. The van der Waals surface area contributed by atoms with Gasteiger partial charge < -0.3 is 4.57 Å². The Labute approximate surface area is 180 Å². The number of anilines is 1. The van der Waals surface area contributed by atoms with Gasteiger partial charge in [-0.2, -0.15) is 0 Å². The molecule has 1 aromatic heterocycles. The summed E-state index contributed by atoms with van der Waals surface area (Å²) in [6.45, 7) is 5.96. The maximum atomic E-state index is 13.2. The third-order valence-electron chi connectivity index (χ3n) is 5.23. The van der Waals surface area contributed by atoms with Crippen LogP contribution in [0.2, 0.25) is 0 Å². The molecule has 1 aliphatic rings. The number of carbonyl (C=O) groups is 2. The van der Waals surface area contributed by atoms with Crippen LogP contribution in [-0.4, -0.2) is 21.5 Å². The third kappa shape index (κ3) is 3.57. The van der Waals surface area contributed by atoms with Crippen molar-refractivity contribution in [3.63, 3.8) is 0 Å². The lowest BCUT2D eigenvalue weighted by Crippen LogP contribution is -2.54. The fourth-order valence-electron chi connectivity index (χ4n) is 3.47. The standard InChI is InChI=1S/C24H21N3O2S/c1-15-9-10-20(11-16(15)2)27-23(29)21(22(28)25-24(27)30)13-18-12-17(3)26(14-18)19-7-5-4-6-8-19/h4-14H,1-3H3,(H,25,28,30)/b21-13-. The van der Waals surface area contributed by atoms with E-state index in [1.165, 1.54) is 4.90 Å². The van der Waals surface area contributed by atoms with Crippen LogP contribution in [0.4, 0.5) is 5.69 Å². The number of amides is 2. The molecule has 0 bridgehead atoms. The van der Waals surface area contributed by atoms with Crippen molar-refractivity contribution >= 4 is 40.9 Å². The minimum absolute atomic E-state index is 0.0482. The number of aromatic nitrogens is 1. The van der Waals surface area contributed by atoms with E-state index in [1.54, 1.807) is 6.08 Å². The molecule has 1 aliphatic heterocycles. The van der Waals surface area contributed by atoms with Crippen molar-refractivity contribution in [2.45, 2.75) is 20.8 Å². The molecule has 1 fully saturated rings. The van der Waals surface area contributed by atoms with E-state index in [2.05, 4.69) is 5.32 Å². The highest BCUT2D eigenvalue weighted by atomic mass is 32.1. The van der Waals surface area contributed by atoms with Crippen molar-refractivity contribution < 1.29 is 9.59 Å². The molecule has 0 aliphatic carbocycles. The SMILES string of the molecule is Cc1ccc(N2C(=O)/C(=C\c3cc(C)n(-c4ccccc4)c3)C(=O)NC2=S)cc1C. The maximum absolute atomic E-state index is 13.2. The average Bonchev–Trinajstić information content (AvgIpc) is 3.08. The maximum Gasteiger partial charge on any atom is 0.270 e. The monoisotopic (exact) mass is 415 g/mol. The molecule has 0 radical (unpaired) electrons. The van der Waals surface area contributed by atoms with Crippen molar-refractivity contribution in [2.75, 3.05) is 4.90 Å². The number of nitrogens with zero attached hydrogens (tertiary/aromatic N) is 2. The van der Waals surface area contributed by atoms with Gasteiger partial charge in [-0.15, -0.1) is 0 Å². The van der Waals surface area contributed by atoms with Gasteiger partial charge in [0.05, 0.1) is 5.69 Å². The van der Waals surface area contributed by atoms with Crippen molar-refractivity contribution in [2.24, 2.45) is 0 Å². The topological polar surface area (TPSA) is 54.3 Å². The number of para-hydroxylation sites is 1. The van der Waals surface area contributed by atoms with Gasteiger partial charge in [-0.1, -0.05) is 24.3 Å². The molecule has 4 rings (SSSR count). The molecule has 2 amide bonds. The van der Waals surface area contributed by atoms with Gasteiger partial charge in [-0.05, 0) is 86.1 Å². The van der Waals surface area contributed by atoms with Crippen LogP contribution in [0.15, 0.2) is 66.4 Å². The molecule has 30 heavy (non-hydrogen) atoms. The van der Waals surface area contributed by atoms with Gasteiger partial charge >= 0.3 is 0 Å². The number of benzene rings is 2. The minimum Gasteiger partial charge on any atom is -0.321 e. The molecule has 0 spiro atoms. The smallest absolute Gasteiger partial charge is 0.270 e. The Morgan fingerprint density at radius 2 is 1.63 bits per heavy atom. The van der Waals surface area contributed by atoms with Gasteiger partial charge in [0.15, 0.2) is 5.11 Å². The highest BCUT2D eigenvalue weighted by Crippen LogP contribution is 2.25. The van der Waals surface area contributed by atoms with E-state index >= 15 is 0 Å². The molecule has 0 unspecified atom stereocenters. The molecule has 1 saturated heterocycles. The normalized spacial score (nSPS) is 15.6. The first-order valence-electron chi connectivity index (χ1n) is 9.58. The Morgan fingerprint density at radius 3 is 2.33 bits per heavy atom. The second kappa shape index (κ2) is 7.72. The zero-order chi connectivity index (χ0) is 21.4. The molecule has 6 heteroatoms. The van der Waals surface area contributed by atoms with Crippen LogP contribution in [-0.2, 0) is 9.59 Å². The molecule has 150 valence electrons. The lowest BCUT2D eigenvalue weighted by atomic mass is 10.1. The lowest BCUT2D eigenvalue weighted by Gasteiger charge is -2.29. The fraction of sp³-hybridized carbons (Fsp3) is 0.125. The second-order valence-corrected chi connectivity index (χ2v) is 7.73. The zero-order valence-electron chi connectivity index (χ0n) is 17.0. The van der Waals surface area contributed by atoms with Gasteiger partial charge in [-0.25, -0.2) is 0 Å². The van der Waals surface area contributed by atoms with E-state index in [1.807, 2.05) is 86.1 Å². The summed E-state index contributed by atoms with van der Waals surface area (Å²) in [5.74, 6) is -0.924. The van der Waals surface area contributed by atoms with Crippen LogP contribution in [0, 0.1) is 20.8 Å². The largest absolute Gasteiger partial charge is 0.321 e. The Kier molecular flexibility index (Phi) is 5.10. The Bertz CT molecular complexity index is 1210. The Balaban J connectivity index is 1.72. The summed E-state index contributed by atoms with van der Waals surface area (Å²) in [5.41, 5.74) is 5.62. The fourth-order valence-corrected chi connectivity index (χ4v) is 3.75. The summed E-state index contributed by atoms with van der Waals surface area (Å²) in [6, 6.07) is 17.5. The first kappa shape index (κ1) is 19.8. The summed E-state index contributed by atoms with van der Waals surface area (Å²) in [4.78, 5) is 27.1. The van der Waals surface area contributed by atoms with Crippen molar-refractivity contribution in [1.29, 1.82) is 0 Å². The lowest BCUT2D eigenvalue weighted by molar-refractivity contribution is -0.122. The van der Waals surface area contributed by atoms with Crippen LogP contribution in [0.1, 0.15) is 22.4 Å². The molecular weight excluding hydrogens is 394 g/mol. The van der Waals surface area contributed by atoms with E-state index in [9.17, 15) is 9.59 Å². The van der Waals surface area contributed by atoms with E-state index in [0.29, 0.717) is 5.69 Å². The zero-order valence-corrected chi connectivity index (χ0v) is 17.8. The van der Waals surface area contributed by atoms with Crippen molar-refractivity contribution in [3.8, 4) is 5.69 Å². The summed E-state index contributed by atoms with van der Waals surface area (Å²) >= 11 is 5.29. The van der Waals surface area contributed by atoms with Crippen LogP contribution in [0.25, 0.3) is 11.8 Å². The number of nitrogens with one attached hydrogen (secondary N) is 1. The van der Waals surface area contributed by atoms with Gasteiger partial charge in [0, 0.05) is 17.6 Å². The van der Waals surface area contributed by atoms with Crippen molar-refractivity contribution in [1.82, 2.24) is 9.88 Å². The molecule has 0 atom stereocenters. The number of hydrogen-bond donors (Lipinski definition) is 1. The molecule has 1 N–H and O–H groups in total. The highest BCUT2D eigenvalue weighted by molar-refractivity contribution is 7.80. The quantitative estimate of drug-likeness (QED) is 0.396. The van der Waals surface area contributed by atoms with Crippen molar-refractivity contribution in [3.05, 3.63) is 88.8 Å². The molecule has 0 saturated carbocycles. The number of carbonyl (C=O) groups excluding carboxylic acids is 2. The number of aryl methyl sites for hydroxylation is 3. The first-order chi connectivity index (χ1) is 14.3. The summed E-state index contributed by atoms with van der Waals surface area (Å²) < 4.78 is 2.02. The van der Waals surface area contributed by atoms with Crippen LogP contribution < -0.4 is 10.2 Å². The van der Waals surface area contributed by atoms with Crippen LogP contribution in [0.3, 0.4) is 0 Å². The molecule has 2 heterocycles. The van der Waals surface area contributed by atoms with E-state index < -0.39 is 11.8 Å². The van der Waals surface area contributed by atoms with Gasteiger partial charge in [0.1, 0.15) is 5.57 Å². The Hall–Kier alpha value is -3.51. The first-order valence-corrected chi connectivity index (χ1v) is 9.99. The number of thiocarbonyl (C=S) groups is 1. The molecule has 5 nitrogen and oxygen atoms in total. The highest BCUT2D eigenvalue weighted by Gasteiger charge is 2.34. The van der Waals surface area contributed by atoms with Crippen LogP contribution >= 0.6 is 12.2 Å². The summed E-state index contributed by atoms with van der Waals surface area (Å²) in [6.07, 6.45) is 3.52. The van der Waals surface area contributed by atoms with Crippen LogP contribution in [0.5, 0.6) is 0 Å². The predicted molar refractivity (Wildman–Crippen MR) is 123 cm³/mol. The molecule has 3 aromatic rings. The second-order valence-electron chi connectivity index (χ2n) is 7.35. The third-order valence-corrected chi connectivity index (χ3v) is 5.51. The van der Waals surface area contributed by atoms with E-state index in [4.69, 9.17) is 12.2 Å². The number of rotatable bonds is 3. The predicted octanol–water partition coefficient (Wildman–Crippen LogP) is 4.23. The van der Waals surface area contributed by atoms with Gasteiger partial charge in [-0.3, -0.25) is 19.8 Å². The number of hydrogen-bond acceptors (Lipinski definition) is 3. The minimum atomic E-state index is -0.491. The van der Waals surface area contributed by atoms with E-state index in [-0.39, 0.29) is 10.7 Å². The van der Waals surface area contributed by atoms with Gasteiger partial charge in [0.2, 0.25) is 0 Å². The molecule has 2 aromatic carbocycles. The molecular formula is C24H21N3O2S. The summed E-state index contributed by atoms with van der Waals surface area (Å²) in [7, 11) is 0. The summed E-state index contributed by atoms with van der Waals surface area (Å²) in [5, 5.41) is 2.72. The average molecular weight is 416 g/mol. The van der Waals surface area contributed by atoms with Gasteiger partial charge in [0.25, 0.3) is 11.8 Å². The van der Waals surface area contributed by atoms with E-state index in [0.717, 1.165) is 28.1 Å².